The van der Waals surface area contributed by atoms with E-state index in [-0.39, 0.29) is 23.1 Å². The Kier molecular flexibility index (Phi) is 5.33. The average Bonchev–Trinajstić information content (AvgIpc) is 2.73. The molecular formula is C10H16ClN3O4S. The van der Waals surface area contributed by atoms with Crippen LogP contribution in [0.15, 0.2) is 4.90 Å². The van der Waals surface area contributed by atoms with Gasteiger partial charge in [-0.25, -0.2) is 8.42 Å². The molecule has 0 unspecified atom stereocenters. The molecule has 0 aliphatic rings. The highest BCUT2D eigenvalue weighted by atomic mass is 35.7. The van der Waals surface area contributed by atoms with E-state index >= 15 is 0 Å². The van der Waals surface area contributed by atoms with Crippen molar-refractivity contribution in [3.8, 4) is 0 Å². The van der Waals surface area contributed by atoms with E-state index in [9.17, 15) is 13.2 Å². The summed E-state index contributed by atoms with van der Waals surface area (Å²) >= 11 is 0. The summed E-state index contributed by atoms with van der Waals surface area (Å²) < 4.78 is 27.9. The first-order chi connectivity index (χ1) is 8.79. The molecule has 0 aliphatic heterocycles. The second-order valence-electron chi connectivity index (χ2n) is 4.16. The monoisotopic (exact) mass is 309 g/mol. The lowest BCUT2D eigenvalue weighted by atomic mass is 10.1. The van der Waals surface area contributed by atoms with Crippen LogP contribution in [0.2, 0.25) is 0 Å². The molecule has 1 heterocycles. The minimum atomic E-state index is -4.06. The highest BCUT2D eigenvalue weighted by molar-refractivity contribution is 8.13. The van der Waals surface area contributed by atoms with Gasteiger partial charge in [0.25, 0.3) is 15.0 Å². The highest BCUT2D eigenvalue weighted by Crippen LogP contribution is 2.27. The van der Waals surface area contributed by atoms with Crippen LogP contribution in [0.4, 0.5) is 0 Å². The predicted octanol–water partition coefficient (Wildman–Crippen LogP) is 0.837. The van der Waals surface area contributed by atoms with Gasteiger partial charge in [-0.15, -0.1) is 0 Å². The molecule has 0 aliphatic carbocycles. The first-order valence-corrected chi connectivity index (χ1v) is 7.90. The quantitative estimate of drug-likeness (QED) is 0.599. The summed E-state index contributed by atoms with van der Waals surface area (Å²) in [5.41, 5.74) is 0.0849. The smallest absolute Gasteiger partial charge is 0.273 e. The fourth-order valence-electron chi connectivity index (χ4n) is 1.49. The normalized spacial score (nSPS) is 11.8. The zero-order chi connectivity index (χ0) is 14.6. The lowest BCUT2D eigenvalue weighted by Crippen LogP contribution is -2.28. The molecule has 0 radical (unpaired) electrons. The molecule has 1 rings (SSSR count). The summed E-state index contributed by atoms with van der Waals surface area (Å²) in [5.74, 6) is -0.768. The first-order valence-electron chi connectivity index (χ1n) is 5.59. The molecule has 0 atom stereocenters. The lowest BCUT2D eigenvalue weighted by Gasteiger charge is -2.05. The summed E-state index contributed by atoms with van der Waals surface area (Å²) in [4.78, 5) is 11.6. The highest BCUT2D eigenvalue weighted by Gasteiger charge is 2.29. The summed E-state index contributed by atoms with van der Waals surface area (Å²) in [7, 11) is 2.80. The molecule has 0 bridgehead atoms. The van der Waals surface area contributed by atoms with Crippen LogP contribution in [0.5, 0.6) is 0 Å². The van der Waals surface area contributed by atoms with Crippen molar-refractivity contribution in [1.29, 1.82) is 0 Å². The Morgan fingerprint density at radius 1 is 1.53 bits per heavy atom. The molecule has 0 aromatic carbocycles. The largest absolute Gasteiger partial charge is 0.383 e. The van der Waals surface area contributed by atoms with Gasteiger partial charge >= 0.3 is 0 Å². The molecule has 7 nitrogen and oxygen atoms in total. The van der Waals surface area contributed by atoms with Crippen molar-refractivity contribution in [3.63, 3.8) is 0 Å². The Bertz CT molecular complexity index is 553. The standard InChI is InChI=1S/C10H16ClN3O4S/c1-6(2)7-9(19(11,16)17)8(14-13-7)10(15)12-4-5-18-3/h6H,4-5H2,1-3H3,(H,12,15)(H,13,14). The van der Waals surface area contributed by atoms with E-state index in [0.29, 0.717) is 12.3 Å². The lowest BCUT2D eigenvalue weighted by molar-refractivity contribution is 0.0929. The number of aromatic nitrogens is 2. The molecule has 9 heteroatoms. The third-order valence-electron chi connectivity index (χ3n) is 2.38. The minimum Gasteiger partial charge on any atom is -0.383 e. The maximum Gasteiger partial charge on any atom is 0.273 e. The van der Waals surface area contributed by atoms with Gasteiger partial charge < -0.3 is 10.1 Å². The number of hydrogen-bond acceptors (Lipinski definition) is 5. The number of halogens is 1. The van der Waals surface area contributed by atoms with Gasteiger partial charge in [0.1, 0.15) is 4.90 Å². The molecule has 1 amide bonds. The van der Waals surface area contributed by atoms with Gasteiger partial charge in [0, 0.05) is 24.3 Å². The van der Waals surface area contributed by atoms with Crippen LogP contribution in [0.3, 0.4) is 0 Å². The maximum atomic E-state index is 11.9. The average molecular weight is 310 g/mol. The first kappa shape index (κ1) is 15.9. The van der Waals surface area contributed by atoms with E-state index in [0.717, 1.165) is 0 Å². The number of amides is 1. The number of carbonyl (C=O) groups excluding carboxylic acids is 1. The maximum absolute atomic E-state index is 11.9. The molecule has 1 aromatic rings. The number of nitrogens with one attached hydrogen (secondary N) is 2. The van der Waals surface area contributed by atoms with Gasteiger partial charge in [0.2, 0.25) is 0 Å². The number of nitrogens with zero attached hydrogens (tertiary/aromatic N) is 1. The summed E-state index contributed by atoms with van der Waals surface area (Å²) in [5, 5.41) is 8.78. The van der Waals surface area contributed by atoms with Gasteiger partial charge in [0.05, 0.1) is 12.3 Å². The Balaban J connectivity index is 3.12. The molecule has 0 saturated heterocycles. The molecule has 108 valence electrons. The van der Waals surface area contributed by atoms with Crippen LogP contribution in [-0.2, 0) is 13.8 Å². The molecule has 1 aromatic heterocycles. The number of H-pyrrole nitrogens is 1. The zero-order valence-electron chi connectivity index (χ0n) is 10.9. The number of rotatable bonds is 6. The van der Waals surface area contributed by atoms with Crippen LogP contribution >= 0.6 is 10.7 Å². The number of hydrogen-bond donors (Lipinski definition) is 2. The third-order valence-corrected chi connectivity index (χ3v) is 3.74. The van der Waals surface area contributed by atoms with Crippen LogP contribution in [0.25, 0.3) is 0 Å². The van der Waals surface area contributed by atoms with Crippen LogP contribution in [-0.4, -0.2) is 44.8 Å². The van der Waals surface area contributed by atoms with E-state index in [1.54, 1.807) is 13.8 Å². The van der Waals surface area contributed by atoms with E-state index in [1.165, 1.54) is 7.11 Å². The molecule has 19 heavy (non-hydrogen) atoms. The molecule has 2 N–H and O–H groups in total. The van der Waals surface area contributed by atoms with Crippen molar-refractivity contribution in [3.05, 3.63) is 11.4 Å². The van der Waals surface area contributed by atoms with E-state index in [2.05, 4.69) is 15.5 Å². The molecular weight excluding hydrogens is 294 g/mol. The van der Waals surface area contributed by atoms with Crippen molar-refractivity contribution >= 4 is 25.6 Å². The number of aromatic amines is 1. The summed E-state index contributed by atoms with van der Waals surface area (Å²) in [6.45, 7) is 4.11. The SMILES string of the molecule is COCCNC(=O)c1n[nH]c(C(C)C)c1S(=O)(=O)Cl. The van der Waals surface area contributed by atoms with Crippen molar-refractivity contribution in [2.24, 2.45) is 0 Å². The summed E-state index contributed by atoms with van der Waals surface area (Å²) in [6.07, 6.45) is 0. The van der Waals surface area contributed by atoms with Gasteiger partial charge in [-0.2, -0.15) is 5.10 Å². The number of methoxy groups -OCH3 is 1. The molecule has 0 saturated carbocycles. The van der Waals surface area contributed by atoms with E-state index in [1.807, 2.05) is 0 Å². The minimum absolute atomic E-state index is 0.156. The van der Waals surface area contributed by atoms with Crippen molar-refractivity contribution in [1.82, 2.24) is 15.5 Å². The second kappa shape index (κ2) is 6.36. The Hall–Kier alpha value is -1.12. The third kappa shape index (κ3) is 3.92. The van der Waals surface area contributed by atoms with Gasteiger partial charge in [0.15, 0.2) is 5.69 Å². The topological polar surface area (TPSA) is 101 Å². The van der Waals surface area contributed by atoms with Crippen LogP contribution in [0, 0.1) is 0 Å². The summed E-state index contributed by atoms with van der Waals surface area (Å²) in [6, 6.07) is 0. The Labute approximate surface area is 116 Å². The Morgan fingerprint density at radius 3 is 2.63 bits per heavy atom. The molecule has 0 fully saturated rings. The number of ether oxygens (including phenoxy) is 1. The van der Waals surface area contributed by atoms with Crippen molar-refractivity contribution in [2.45, 2.75) is 24.7 Å². The van der Waals surface area contributed by atoms with Gasteiger partial charge in [-0.1, -0.05) is 13.8 Å². The molecule has 0 spiro atoms. The van der Waals surface area contributed by atoms with E-state index in [4.69, 9.17) is 15.4 Å². The second-order valence-corrected chi connectivity index (χ2v) is 6.66. The predicted molar refractivity (Wildman–Crippen MR) is 69.9 cm³/mol. The zero-order valence-corrected chi connectivity index (χ0v) is 12.4. The van der Waals surface area contributed by atoms with E-state index < -0.39 is 15.0 Å². The fraction of sp³-hybridized carbons (Fsp3) is 0.600. The van der Waals surface area contributed by atoms with Crippen molar-refractivity contribution in [2.75, 3.05) is 20.3 Å². The van der Waals surface area contributed by atoms with Gasteiger partial charge in [-0.05, 0) is 5.92 Å². The number of carbonyl (C=O) groups is 1. The van der Waals surface area contributed by atoms with Crippen molar-refractivity contribution < 1.29 is 17.9 Å². The van der Waals surface area contributed by atoms with Gasteiger partial charge in [-0.3, -0.25) is 9.89 Å². The Morgan fingerprint density at radius 2 is 2.16 bits per heavy atom. The van der Waals surface area contributed by atoms with Crippen LogP contribution in [0.1, 0.15) is 35.9 Å². The fourth-order valence-corrected chi connectivity index (χ4v) is 2.87. The van der Waals surface area contributed by atoms with Crippen LogP contribution < -0.4 is 5.32 Å².